The van der Waals surface area contributed by atoms with E-state index in [1.165, 1.54) is 0 Å². The lowest BCUT2D eigenvalue weighted by molar-refractivity contribution is 0.111. The molecule has 2 aromatic rings. The molecule has 2 aromatic heterocycles. The number of nitrogens with zero attached hydrogens (tertiary/aromatic N) is 3. The fraction of sp³-hybridized carbons (Fsp3) is 0.533. The van der Waals surface area contributed by atoms with Crippen LogP contribution in [-0.2, 0) is 4.74 Å². The monoisotopic (exact) mass is 302 g/mol. The van der Waals surface area contributed by atoms with Crippen molar-refractivity contribution >= 4 is 22.8 Å². The second-order valence-electron chi connectivity index (χ2n) is 5.61. The molecule has 0 radical (unpaired) electrons. The highest BCUT2D eigenvalue weighted by Crippen LogP contribution is 2.25. The number of fused-ring (bicyclic) bond motifs is 1. The number of anilines is 2. The fourth-order valence-electron chi connectivity index (χ4n) is 2.94. The number of nitrogens with one attached hydrogen (secondary N) is 3. The third kappa shape index (κ3) is 2.69. The van der Waals surface area contributed by atoms with E-state index in [1.54, 1.807) is 7.11 Å². The molecule has 0 bridgehead atoms. The second kappa shape index (κ2) is 6.02. The largest absolute Gasteiger partial charge is 0.378 e. The van der Waals surface area contributed by atoms with Gasteiger partial charge < -0.3 is 20.7 Å². The van der Waals surface area contributed by atoms with E-state index in [-0.39, 0.29) is 12.1 Å². The van der Waals surface area contributed by atoms with Crippen molar-refractivity contribution in [2.24, 2.45) is 0 Å². The number of ether oxygens (including phenoxy) is 1. The average molecular weight is 302 g/mol. The summed E-state index contributed by atoms with van der Waals surface area (Å²) in [4.78, 5) is 13.7. The minimum Gasteiger partial charge on any atom is -0.378 e. The van der Waals surface area contributed by atoms with E-state index < -0.39 is 0 Å². The highest BCUT2D eigenvalue weighted by Gasteiger charge is 2.27. The van der Waals surface area contributed by atoms with E-state index in [0.717, 1.165) is 35.6 Å². The Labute approximate surface area is 129 Å². The number of hydrogen-bond acceptors (Lipinski definition) is 7. The molecule has 2 atom stereocenters. The fourth-order valence-corrected chi connectivity index (χ4v) is 2.94. The summed E-state index contributed by atoms with van der Waals surface area (Å²) in [6.07, 6.45) is 0.115. The molecule has 0 saturated carbocycles. The van der Waals surface area contributed by atoms with Crippen LogP contribution >= 0.6 is 0 Å². The van der Waals surface area contributed by atoms with Gasteiger partial charge in [-0.15, -0.1) is 0 Å². The SMILES string of the molecule is CNc1nc(N[C@H]2CNC[C@H]2OC)nc2nc(C)cc(C)c12. The van der Waals surface area contributed by atoms with E-state index in [1.807, 2.05) is 20.0 Å². The van der Waals surface area contributed by atoms with E-state index in [9.17, 15) is 0 Å². The highest BCUT2D eigenvalue weighted by atomic mass is 16.5. The van der Waals surface area contributed by atoms with Crippen molar-refractivity contribution < 1.29 is 4.74 Å². The lowest BCUT2D eigenvalue weighted by atomic mass is 10.1. The van der Waals surface area contributed by atoms with Crippen molar-refractivity contribution in [3.63, 3.8) is 0 Å². The molecule has 1 saturated heterocycles. The van der Waals surface area contributed by atoms with Crippen LogP contribution in [0, 0.1) is 13.8 Å². The van der Waals surface area contributed by atoms with Gasteiger partial charge in [-0.25, -0.2) is 4.98 Å². The molecule has 0 aromatic carbocycles. The zero-order valence-electron chi connectivity index (χ0n) is 13.4. The molecule has 3 rings (SSSR count). The predicted octanol–water partition coefficient (Wildman–Crippen LogP) is 1.08. The van der Waals surface area contributed by atoms with Crippen LogP contribution in [0.25, 0.3) is 11.0 Å². The Morgan fingerprint density at radius 3 is 2.77 bits per heavy atom. The molecule has 0 spiro atoms. The smallest absolute Gasteiger partial charge is 0.227 e. The van der Waals surface area contributed by atoms with Gasteiger partial charge in [0.05, 0.1) is 17.5 Å². The van der Waals surface area contributed by atoms with Crippen LogP contribution in [0.3, 0.4) is 0 Å². The molecule has 3 heterocycles. The van der Waals surface area contributed by atoms with Crippen LogP contribution in [0.15, 0.2) is 6.07 Å². The van der Waals surface area contributed by atoms with E-state index >= 15 is 0 Å². The maximum absolute atomic E-state index is 5.47. The number of aromatic nitrogens is 3. The van der Waals surface area contributed by atoms with Gasteiger partial charge in [0.25, 0.3) is 0 Å². The Bertz CT molecular complexity index is 689. The summed E-state index contributed by atoms with van der Waals surface area (Å²) in [5.74, 6) is 1.36. The quantitative estimate of drug-likeness (QED) is 0.779. The van der Waals surface area contributed by atoms with Crippen LogP contribution in [0.4, 0.5) is 11.8 Å². The highest BCUT2D eigenvalue weighted by molar-refractivity contribution is 5.90. The third-order valence-corrected chi connectivity index (χ3v) is 4.00. The summed E-state index contributed by atoms with van der Waals surface area (Å²) in [5.41, 5.74) is 2.78. The topological polar surface area (TPSA) is 84.0 Å². The first kappa shape index (κ1) is 14.9. The number of methoxy groups -OCH3 is 1. The van der Waals surface area contributed by atoms with Gasteiger partial charge in [0.15, 0.2) is 5.65 Å². The first-order valence-electron chi connectivity index (χ1n) is 7.46. The first-order valence-corrected chi connectivity index (χ1v) is 7.46. The molecule has 7 nitrogen and oxygen atoms in total. The number of pyridine rings is 1. The average Bonchev–Trinajstić information content (AvgIpc) is 2.92. The summed E-state index contributed by atoms with van der Waals surface area (Å²) >= 11 is 0. The van der Waals surface area contributed by atoms with Crippen LogP contribution in [0.2, 0.25) is 0 Å². The molecule has 1 fully saturated rings. The standard InChI is InChI=1S/C15H22N6O/c1-8-5-9(2)18-14-12(8)13(16-3)20-15(21-14)19-10-6-17-7-11(10)22-4/h5,10-11,17H,6-7H2,1-4H3,(H2,16,18,19,20,21)/t10-,11+/m0/s1. The van der Waals surface area contributed by atoms with Gasteiger partial charge in [-0.05, 0) is 25.5 Å². The lowest BCUT2D eigenvalue weighted by Crippen LogP contribution is -2.34. The normalized spacial score (nSPS) is 21.3. The Kier molecular flexibility index (Phi) is 4.08. The summed E-state index contributed by atoms with van der Waals surface area (Å²) in [5, 5.41) is 10.8. The molecule has 1 aliphatic heterocycles. The molecule has 3 N–H and O–H groups in total. The van der Waals surface area contributed by atoms with Gasteiger partial charge in [-0.2, -0.15) is 9.97 Å². The zero-order valence-corrected chi connectivity index (χ0v) is 13.4. The molecule has 118 valence electrons. The van der Waals surface area contributed by atoms with Crippen LogP contribution in [0.5, 0.6) is 0 Å². The Balaban J connectivity index is 2.00. The minimum absolute atomic E-state index is 0.115. The molecular formula is C15H22N6O. The van der Waals surface area contributed by atoms with E-state index in [2.05, 4.69) is 37.8 Å². The predicted molar refractivity (Wildman–Crippen MR) is 87.4 cm³/mol. The van der Waals surface area contributed by atoms with Gasteiger partial charge in [-0.3, -0.25) is 0 Å². The van der Waals surface area contributed by atoms with Gasteiger partial charge >= 0.3 is 0 Å². The minimum atomic E-state index is 0.115. The van der Waals surface area contributed by atoms with Gasteiger partial charge in [0.2, 0.25) is 5.95 Å². The van der Waals surface area contributed by atoms with Crippen molar-refractivity contribution in [1.82, 2.24) is 20.3 Å². The maximum Gasteiger partial charge on any atom is 0.227 e. The van der Waals surface area contributed by atoms with E-state index in [4.69, 9.17) is 4.74 Å². The van der Waals surface area contributed by atoms with Gasteiger partial charge in [-0.1, -0.05) is 0 Å². The Morgan fingerprint density at radius 2 is 2.05 bits per heavy atom. The van der Waals surface area contributed by atoms with Gasteiger partial charge in [0.1, 0.15) is 5.82 Å². The van der Waals surface area contributed by atoms with Crippen LogP contribution in [0.1, 0.15) is 11.3 Å². The Morgan fingerprint density at radius 1 is 1.23 bits per heavy atom. The first-order chi connectivity index (χ1) is 10.6. The summed E-state index contributed by atoms with van der Waals surface area (Å²) in [6, 6.07) is 2.19. The van der Waals surface area contributed by atoms with Crippen LogP contribution in [-0.4, -0.2) is 54.3 Å². The number of aryl methyl sites for hydroxylation is 2. The van der Waals surface area contributed by atoms with Gasteiger partial charge in [0, 0.05) is 32.9 Å². The van der Waals surface area contributed by atoms with E-state index in [0.29, 0.717) is 11.6 Å². The number of rotatable bonds is 4. The summed E-state index contributed by atoms with van der Waals surface area (Å²) in [7, 11) is 3.58. The molecule has 0 unspecified atom stereocenters. The van der Waals surface area contributed by atoms with Crippen molar-refractivity contribution in [1.29, 1.82) is 0 Å². The van der Waals surface area contributed by atoms with Crippen LogP contribution < -0.4 is 16.0 Å². The second-order valence-corrected chi connectivity index (χ2v) is 5.61. The lowest BCUT2D eigenvalue weighted by Gasteiger charge is -2.19. The molecule has 1 aliphatic rings. The van der Waals surface area contributed by atoms with Crippen molar-refractivity contribution in [2.75, 3.05) is 37.9 Å². The molecule has 22 heavy (non-hydrogen) atoms. The van der Waals surface area contributed by atoms with Crippen molar-refractivity contribution in [3.8, 4) is 0 Å². The molecule has 0 aliphatic carbocycles. The molecular weight excluding hydrogens is 280 g/mol. The number of hydrogen-bond donors (Lipinski definition) is 3. The molecule has 7 heteroatoms. The molecule has 0 amide bonds. The summed E-state index contributed by atoms with van der Waals surface area (Å²) < 4.78 is 5.47. The van der Waals surface area contributed by atoms with Crippen molar-refractivity contribution in [3.05, 3.63) is 17.3 Å². The zero-order chi connectivity index (χ0) is 15.7. The van der Waals surface area contributed by atoms with Crippen molar-refractivity contribution in [2.45, 2.75) is 26.0 Å². The third-order valence-electron chi connectivity index (χ3n) is 4.00. The Hall–Kier alpha value is -1.99. The summed E-state index contributed by atoms with van der Waals surface area (Å²) in [6.45, 7) is 5.69. The maximum atomic E-state index is 5.47.